The number of methoxy groups -OCH3 is 1. The Kier molecular flexibility index (Phi) is 8.48. The van der Waals surface area contributed by atoms with Crippen LogP contribution in [-0.2, 0) is 15.3 Å². The van der Waals surface area contributed by atoms with Crippen LogP contribution in [-0.4, -0.2) is 45.8 Å². The third-order valence-corrected chi connectivity index (χ3v) is 8.66. The van der Waals surface area contributed by atoms with Gasteiger partial charge >= 0.3 is 5.91 Å². The number of Topliss-reactive ketones (excluding diaryl/α,β-unsaturated/α-hetero) is 1. The van der Waals surface area contributed by atoms with Gasteiger partial charge in [0.15, 0.2) is 15.8 Å². The van der Waals surface area contributed by atoms with Crippen molar-refractivity contribution in [3.05, 3.63) is 94.0 Å². The van der Waals surface area contributed by atoms with Crippen LogP contribution in [0.4, 0.5) is 5.13 Å². The quantitative estimate of drug-likeness (QED) is 0.0748. The number of hydrogen-bond donors (Lipinski definition) is 2. The number of carbonyl (C=O) groups is 2. The Bertz CT molecular complexity index is 1620. The highest BCUT2D eigenvalue weighted by Crippen LogP contribution is 2.45. The monoisotopic (exact) mass is 609 g/mol. The number of phenolic OH excluding ortho intramolecular Hbond substituents is 1. The summed E-state index contributed by atoms with van der Waals surface area (Å²) in [6, 6.07) is 17.4. The van der Waals surface area contributed by atoms with Crippen LogP contribution in [0.15, 0.2) is 76.6 Å². The Morgan fingerprint density at radius 1 is 1.07 bits per heavy atom. The number of halogens is 1. The van der Waals surface area contributed by atoms with Crippen molar-refractivity contribution in [1.82, 2.24) is 10.2 Å². The zero-order chi connectivity index (χ0) is 29.1. The first-order valence-corrected chi connectivity index (χ1v) is 14.6. The first-order valence-electron chi connectivity index (χ1n) is 12.4. The number of aliphatic hydroxyl groups excluding tert-OH is 1. The third kappa shape index (κ3) is 5.88. The smallest absolute Gasteiger partial charge is 0.301 e. The van der Waals surface area contributed by atoms with Crippen molar-refractivity contribution in [2.45, 2.75) is 23.1 Å². The normalized spacial score (nSPS) is 16.3. The third-order valence-electron chi connectivity index (χ3n) is 6.28. The summed E-state index contributed by atoms with van der Waals surface area (Å²) < 4.78 is 11.3. The molecule has 1 unspecified atom stereocenters. The van der Waals surface area contributed by atoms with Crippen molar-refractivity contribution in [2.75, 3.05) is 18.6 Å². The number of aromatic hydroxyl groups is 1. The van der Waals surface area contributed by atoms with Gasteiger partial charge in [0.1, 0.15) is 11.5 Å². The van der Waals surface area contributed by atoms with E-state index in [1.807, 2.05) is 19.1 Å². The van der Waals surface area contributed by atoms with E-state index in [4.69, 9.17) is 21.1 Å². The van der Waals surface area contributed by atoms with Gasteiger partial charge < -0.3 is 19.7 Å². The van der Waals surface area contributed by atoms with Crippen LogP contribution in [0.25, 0.3) is 5.76 Å². The van der Waals surface area contributed by atoms with Crippen molar-refractivity contribution in [3.8, 4) is 17.2 Å². The number of hydrogen-bond acceptors (Lipinski definition) is 10. The molecule has 5 rings (SSSR count). The first-order chi connectivity index (χ1) is 19.8. The molecule has 0 bridgehead atoms. The molecule has 4 aromatic rings. The van der Waals surface area contributed by atoms with Gasteiger partial charge in [-0.1, -0.05) is 52.9 Å². The molecule has 1 aliphatic heterocycles. The topological polar surface area (TPSA) is 122 Å². The molecule has 0 saturated carbocycles. The van der Waals surface area contributed by atoms with Gasteiger partial charge in [0.2, 0.25) is 5.13 Å². The highest BCUT2D eigenvalue weighted by molar-refractivity contribution is 8.00. The molecule has 1 aromatic heterocycles. The van der Waals surface area contributed by atoms with Gasteiger partial charge in [-0.3, -0.25) is 14.5 Å². The molecule has 0 radical (unpaired) electrons. The maximum absolute atomic E-state index is 13.5. The van der Waals surface area contributed by atoms with E-state index in [2.05, 4.69) is 10.2 Å². The van der Waals surface area contributed by atoms with Crippen LogP contribution in [0.5, 0.6) is 17.2 Å². The van der Waals surface area contributed by atoms with Crippen molar-refractivity contribution in [1.29, 1.82) is 0 Å². The number of carbonyl (C=O) groups excluding carboxylic acids is 2. The number of thioether (sulfide) groups is 1. The molecular formula is C29H24ClN3O6S2. The number of aliphatic hydroxyl groups is 1. The molecular weight excluding hydrogens is 586 g/mol. The molecule has 1 amide bonds. The summed E-state index contributed by atoms with van der Waals surface area (Å²) in [6.07, 6.45) is 0. The van der Waals surface area contributed by atoms with Gasteiger partial charge in [0.05, 0.1) is 25.3 Å². The fourth-order valence-electron chi connectivity index (χ4n) is 4.32. The van der Waals surface area contributed by atoms with E-state index in [-0.39, 0.29) is 28.0 Å². The van der Waals surface area contributed by atoms with Gasteiger partial charge in [-0.25, -0.2) is 0 Å². The Morgan fingerprint density at radius 3 is 2.49 bits per heavy atom. The second-order valence-electron chi connectivity index (χ2n) is 8.82. The zero-order valence-corrected chi connectivity index (χ0v) is 24.3. The Morgan fingerprint density at radius 2 is 1.80 bits per heavy atom. The summed E-state index contributed by atoms with van der Waals surface area (Å²) in [4.78, 5) is 28.1. The Labute approximate surface area is 249 Å². The number of benzene rings is 3. The average molecular weight is 610 g/mol. The maximum atomic E-state index is 13.5. The standard InChI is InChI=1S/C29H24ClN3O6S2/c1-3-39-20-11-6-17(7-12-20)25(35)23-24(18-8-13-21(34)22(14-18)38-2)33(27(37)26(23)36)28-31-32-29(41-28)40-15-16-4-9-19(30)10-5-16/h4-14,24,34-35H,3,15H2,1-2H3/b25-23-. The van der Waals surface area contributed by atoms with Gasteiger partial charge in [0, 0.05) is 16.3 Å². The van der Waals surface area contributed by atoms with Crippen LogP contribution >= 0.6 is 34.7 Å². The predicted molar refractivity (Wildman–Crippen MR) is 158 cm³/mol. The summed E-state index contributed by atoms with van der Waals surface area (Å²) in [6.45, 7) is 2.33. The zero-order valence-electron chi connectivity index (χ0n) is 21.9. The molecule has 1 saturated heterocycles. The lowest BCUT2D eigenvalue weighted by molar-refractivity contribution is -0.132. The van der Waals surface area contributed by atoms with Crippen molar-refractivity contribution < 1.29 is 29.3 Å². The average Bonchev–Trinajstić information content (AvgIpc) is 3.55. The van der Waals surface area contributed by atoms with Crippen LogP contribution in [0.1, 0.15) is 29.7 Å². The predicted octanol–water partition coefficient (Wildman–Crippen LogP) is 6.22. The number of aromatic nitrogens is 2. The Balaban J connectivity index is 1.55. The van der Waals surface area contributed by atoms with Crippen LogP contribution in [0, 0.1) is 0 Å². The van der Waals surface area contributed by atoms with Crippen molar-refractivity contribution >= 4 is 57.3 Å². The summed E-state index contributed by atoms with van der Waals surface area (Å²) in [7, 11) is 1.39. The first kappa shape index (κ1) is 28.5. The molecule has 3 aromatic carbocycles. The van der Waals surface area contributed by atoms with Gasteiger partial charge in [0.25, 0.3) is 5.78 Å². The summed E-state index contributed by atoms with van der Waals surface area (Å²) in [5.41, 5.74) is 1.66. The summed E-state index contributed by atoms with van der Waals surface area (Å²) in [5.74, 6) is -0.864. The maximum Gasteiger partial charge on any atom is 0.301 e. The number of rotatable bonds is 9. The molecule has 0 aliphatic carbocycles. The SMILES string of the molecule is CCOc1ccc(/C(O)=C2/C(=O)C(=O)N(c3nnc(SCc4ccc(Cl)cc4)s3)C2c2ccc(O)c(OC)c2)cc1. The van der Waals surface area contributed by atoms with E-state index in [1.54, 1.807) is 42.5 Å². The minimum absolute atomic E-state index is 0.114. The number of anilines is 1. The second-order valence-corrected chi connectivity index (χ2v) is 11.4. The van der Waals surface area contributed by atoms with Gasteiger partial charge in [-0.15, -0.1) is 10.2 Å². The van der Waals surface area contributed by atoms with E-state index in [0.717, 1.165) is 16.9 Å². The highest BCUT2D eigenvalue weighted by Gasteiger charge is 2.48. The number of amides is 1. The van der Waals surface area contributed by atoms with Crippen molar-refractivity contribution in [2.24, 2.45) is 0 Å². The minimum atomic E-state index is -1.06. The van der Waals surface area contributed by atoms with E-state index < -0.39 is 17.7 Å². The van der Waals surface area contributed by atoms with E-state index in [1.165, 1.54) is 35.9 Å². The number of phenols is 1. The van der Waals surface area contributed by atoms with Gasteiger partial charge in [-0.2, -0.15) is 0 Å². The molecule has 2 heterocycles. The molecule has 1 fully saturated rings. The minimum Gasteiger partial charge on any atom is -0.507 e. The molecule has 12 heteroatoms. The van der Waals surface area contributed by atoms with E-state index in [9.17, 15) is 19.8 Å². The van der Waals surface area contributed by atoms with Crippen LogP contribution in [0.3, 0.4) is 0 Å². The molecule has 9 nitrogen and oxygen atoms in total. The van der Waals surface area contributed by atoms with Crippen molar-refractivity contribution in [3.63, 3.8) is 0 Å². The molecule has 1 aliphatic rings. The number of ether oxygens (including phenoxy) is 2. The molecule has 41 heavy (non-hydrogen) atoms. The number of nitrogens with zero attached hydrogens (tertiary/aromatic N) is 3. The summed E-state index contributed by atoms with van der Waals surface area (Å²) >= 11 is 8.55. The van der Waals surface area contributed by atoms with Crippen LogP contribution < -0.4 is 14.4 Å². The van der Waals surface area contributed by atoms with E-state index >= 15 is 0 Å². The van der Waals surface area contributed by atoms with Gasteiger partial charge in [-0.05, 0) is 66.6 Å². The lowest BCUT2D eigenvalue weighted by Crippen LogP contribution is -2.29. The lowest BCUT2D eigenvalue weighted by atomic mass is 9.95. The summed E-state index contributed by atoms with van der Waals surface area (Å²) in [5, 5.41) is 30.8. The highest BCUT2D eigenvalue weighted by atomic mass is 35.5. The molecule has 0 spiro atoms. The Hall–Kier alpha value is -4.06. The van der Waals surface area contributed by atoms with Crippen LogP contribution in [0.2, 0.25) is 5.02 Å². The number of ketones is 1. The fraction of sp³-hybridized carbons (Fsp3) is 0.172. The molecule has 210 valence electrons. The largest absolute Gasteiger partial charge is 0.507 e. The second kappa shape index (κ2) is 12.2. The fourth-order valence-corrected chi connectivity index (χ4v) is 6.27. The lowest BCUT2D eigenvalue weighted by Gasteiger charge is -2.23. The van der Waals surface area contributed by atoms with E-state index in [0.29, 0.717) is 38.6 Å². The molecule has 2 N–H and O–H groups in total. The molecule has 1 atom stereocenters.